The average Bonchev–Trinajstić information content (AvgIpc) is 2.87. The predicted octanol–water partition coefficient (Wildman–Crippen LogP) is 3.43. The van der Waals surface area contributed by atoms with E-state index in [-0.39, 0.29) is 0 Å². The van der Waals surface area contributed by atoms with Gasteiger partial charge in [0.2, 0.25) is 0 Å². The molecule has 0 saturated carbocycles. The molecule has 0 aliphatic heterocycles. The van der Waals surface area contributed by atoms with Gasteiger partial charge in [-0.2, -0.15) is 0 Å². The van der Waals surface area contributed by atoms with Gasteiger partial charge in [-0.05, 0) is 31.5 Å². The highest BCUT2D eigenvalue weighted by Crippen LogP contribution is 2.29. The maximum Gasteiger partial charge on any atom is 0.149 e. The van der Waals surface area contributed by atoms with Gasteiger partial charge in [0.05, 0.1) is 5.02 Å². The van der Waals surface area contributed by atoms with Gasteiger partial charge in [-0.1, -0.05) is 36.8 Å². The summed E-state index contributed by atoms with van der Waals surface area (Å²) in [5, 5.41) is 14.4. The zero-order valence-corrected chi connectivity index (χ0v) is 13.3. The van der Waals surface area contributed by atoms with Crippen molar-refractivity contribution in [3.63, 3.8) is 0 Å². The first-order valence-corrected chi connectivity index (χ1v) is 7.99. The number of aryl methyl sites for hydroxylation is 1. The van der Waals surface area contributed by atoms with Crippen molar-refractivity contribution in [2.45, 2.75) is 26.7 Å². The number of nitrogens with one attached hydrogen (secondary N) is 1. The number of nitrogens with zero attached hydrogens (tertiary/aromatic N) is 3. The second kappa shape index (κ2) is 7.67. The van der Waals surface area contributed by atoms with Gasteiger partial charge in [0, 0.05) is 24.4 Å². The maximum atomic E-state index is 6.11. The Hall–Kier alpha value is -1.04. The first kappa shape index (κ1) is 15.4. The molecule has 20 heavy (non-hydrogen) atoms. The number of hydrogen-bond acceptors (Lipinski definition) is 5. The Morgan fingerprint density at radius 2 is 2.20 bits per heavy atom. The number of pyridine rings is 1. The summed E-state index contributed by atoms with van der Waals surface area (Å²) in [4.78, 5) is 3.98. The summed E-state index contributed by atoms with van der Waals surface area (Å²) in [6.07, 6.45) is 5.38. The number of halogens is 1. The molecule has 6 heteroatoms. The fourth-order valence-corrected chi connectivity index (χ4v) is 2.95. The Labute approximate surface area is 128 Å². The van der Waals surface area contributed by atoms with Crippen LogP contribution < -0.4 is 5.32 Å². The highest BCUT2D eigenvalue weighted by atomic mass is 35.5. The zero-order valence-electron chi connectivity index (χ0n) is 11.8. The van der Waals surface area contributed by atoms with Crippen molar-refractivity contribution in [1.29, 1.82) is 0 Å². The van der Waals surface area contributed by atoms with Crippen molar-refractivity contribution in [3.8, 4) is 10.6 Å². The third-order valence-corrected chi connectivity index (χ3v) is 4.08. The van der Waals surface area contributed by atoms with Gasteiger partial charge in [0.15, 0.2) is 0 Å². The first-order valence-electron chi connectivity index (χ1n) is 6.80. The van der Waals surface area contributed by atoms with E-state index in [9.17, 15) is 0 Å². The SMILES string of the molecule is CC(C)CNCCCc1nnc(-c2ccncc2Cl)s1. The van der Waals surface area contributed by atoms with Crippen LogP contribution in [0, 0.1) is 5.92 Å². The minimum Gasteiger partial charge on any atom is -0.316 e. The lowest BCUT2D eigenvalue weighted by molar-refractivity contribution is 0.542. The van der Waals surface area contributed by atoms with Crippen LogP contribution in [-0.2, 0) is 6.42 Å². The fourth-order valence-electron chi connectivity index (χ4n) is 1.77. The molecule has 4 nitrogen and oxygen atoms in total. The topological polar surface area (TPSA) is 50.7 Å². The van der Waals surface area contributed by atoms with Crippen molar-refractivity contribution in [2.24, 2.45) is 5.92 Å². The summed E-state index contributed by atoms with van der Waals surface area (Å²) in [5.41, 5.74) is 0.906. The quantitative estimate of drug-likeness (QED) is 0.796. The van der Waals surface area contributed by atoms with E-state index in [1.807, 2.05) is 6.07 Å². The molecule has 0 unspecified atom stereocenters. The van der Waals surface area contributed by atoms with Crippen molar-refractivity contribution < 1.29 is 0 Å². The largest absolute Gasteiger partial charge is 0.316 e. The molecule has 0 radical (unpaired) electrons. The standard InChI is InChI=1S/C14H19ClN4S/c1-10(2)8-16-6-3-4-13-18-19-14(20-13)11-5-7-17-9-12(11)15/h5,7,9-10,16H,3-4,6,8H2,1-2H3. The minimum absolute atomic E-state index is 0.619. The Morgan fingerprint density at radius 1 is 1.35 bits per heavy atom. The number of rotatable bonds is 7. The molecule has 0 bridgehead atoms. The van der Waals surface area contributed by atoms with E-state index in [0.29, 0.717) is 10.9 Å². The van der Waals surface area contributed by atoms with Crippen LogP contribution in [0.4, 0.5) is 0 Å². The summed E-state index contributed by atoms with van der Waals surface area (Å²) in [7, 11) is 0. The molecule has 108 valence electrons. The average molecular weight is 311 g/mol. The van der Waals surface area contributed by atoms with Gasteiger partial charge in [-0.3, -0.25) is 4.98 Å². The summed E-state index contributed by atoms with van der Waals surface area (Å²) < 4.78 is 0. The molecule has 0 aromatic carbocycles. The summed E-state index contributed by atoms with van der Waals surface area (Å²) in [5.74, 6) is 0.692. The van der Waals surface area contributed by atoms with Crippen molar-refractivity contribution >= 4 is 22.9 Å². The van der Waals surface area contributed by atoms with E-state index in [0.717, 1.165) is 41.5 Å². The summed E-state index contributed by atoms with van der Waals surface area (Å²) >= 11 is 7.71. The molecule has 2 aromatic heterocycles. The molecular weight excluding hydrogens is 292 g/mol. The molecule has 0 spiro atoms. The molecule has 0 saturated heterocycles. The van der Waals surface area contributed by atoms with Gasteiger partial charge < -0.3 is 5.32 Å². The zero-order chi connectivity index (χ0) is 14.4. The van der Waals surface area contributed by atoms with Crippen LogP contribution >= 0.6 is 22.9 Å². The van der Waals surface area contributed by atoms with Crippen LogP contribution in [0.25, 0.3) is 10.6 Å². The summed E-state index contributed by atoms with van der Waals surface area (Å²) in [6, 6.07) is 1.87. The lowest BCUT2D eigenvalue weighted by Gasteiger charge is -2.05. The Kier molecular flexibility index (Phi) is 5.88. The molecule has 0 amide bonds. The smallest absolute Gasteiger partial charge is 0.149 e. The molecule has 0 aliphatic carbocycles. The molecule has 2 rings (SSSR count). The lowest BCUT2D eigenvalue weighted by atomic mass is 10.2. The van der Waals surface area contributed by atoms with E-state index >= 15 is 0 Å². The summed E-state index contributed by atoms with van der Waals surface area (Å²) in [6.45, 7) is 6.50. The van der Waals surface area contributed by atoms with E-state index < -0.39 is 0 Å². The van der Waals surface area contributed by atoms with Gasteiger partial charge in [-0.25, -0.2) is 0 Å². The number of hydrogen-bond donors (Lipinski definition) is 1. The normalized spacial score (nSPS) is 11.2. The Bertz CT molecular complexity index is 541. The van der Waals surface area contributed by atoms with Crippen molar-refractivity contribution in [2.75, 3.05) is 13.1 Å². The molecular formula is C14H19ClN4S. The molecule has 0 aliphatic rings. The third-order valence-electron chi connectivity index (χ3n) is 2.77. The Morgan fingerprint density at radius 3 is 2.95 bits per heavy atom. The van der Waals surface area contributed by atoms with Gasteiger partial charge >= 0.3 is 0 Å². The first-order chi connectivity index (χ1) is 9.66. The maximum absolute atomic E-state index is 6.11. The van der Waals surface area contributed by atoms with E-state index in [1.54, 1.807) is 23.7 Å². The van der Waals surface area contributed by atoms with Crippen LogP contribution in [0.5, 0.6) is 0 Å². The Balaban J connectivity index is 1.85. The van der Waals surface area contributed by atoms with Crippen LogP contribution in [0.2, 0.25) is 5.02 Å². The van der Waals surface area contributed by atoms with E-state index in [4.69, 9.17) is 11.6 Å². The van der Waals surface area contributed by atoms with Crippen LogP contribution in [0.1, 0.15) is 25.3 Å². The van der Waals surface area contributed by atoms with Gasteiger partial charge in [0.1, 0.15) is 10.0 Å². The van der Waals surface area contributed by atoms with Gasteiger partial charge in [0.25, 0.3) is 0 Å². The predicted molar refractivity (Wildman–Crippen MR) is 84.2 cm³/mol. The van der Waals surface area contributed by atoms with Crippen LogP contribution in [0.15, 0.2) is 18.5 Å². The molecule has 0 fully saturated rings. The highest BCUT2D eigenvalue weighted by Gasteiger charge is 2.09. The molecule has 0 atom stereocenters. The highest BCUT2D eigenvalue weighted by molar-refractivity contribution is 7.14. The van der Waals surface area contributed by atoms with E-state index in [2.05, 4.69) is 34.3 Å². The van der Waals surface area contributed by atoms with E-state index in [1.165, 1.54) is 0 Å². The monoisotopic (exact) mass is 310 g/mol. The fraction of sp³-hybridized carbons (Fsp3) is 0.500. The van der Waals surface area contributed by atoms with Crippen LogP contribution in [-0.4, -0.2) is 28.3 Å². The van der Waals surface area contributed by atoms with Gasteiger partial charge in [-0.15, -0.1) is 10.2 Å². The molecule has 1 N–H and O–H groups in total. The third kappa shape index (κ3) is 4.51. The second-order valence-corrected chi connectivity index (χ2v) is 6.53. The van der Waals surface area contributed by atoms with Crippen molar-refractivity contribution in [1.82, 2.24) is 20.5 Å². The molecule has 2 heterocycles. The minimum atomic E-state index is 0.619. The lowest BCUT2D eigenvalue weighted by Crippen LogP contribution is -2.21. The van der Waals surface area contributed by atoms with Crippen molar-refractivity contribution in [3.05, 3.63) is 28.5 Å². The molecule has 2 aromatic rings. The second-order valence-electron chi connectivity index (χ2n) is 5.06. The van der Waals surface area contributed by atoms with Crippen LogP contribution in [0.3, 0.4) is 0 Å². The number of aromatic nitrogens is 3.